The summed E-state index contributed by atoms with van der Waals surface area (Å²) in [6.45, 7) is 3.55. The summed E-state index contributed by atoms with van der Waals surface area (Å²) in [6.07, 6.45) is 3.33. The number of hydrogen-bond donors (Lipinski definition) is 2. The molecule has 5 heteroatoms. The van der Waals surface area contributed by atoms with Crippen molar-refractivity contribution in [2.75, 3.05) is 0 Å². The number of nitrogens with one attached hydrogen (secondary N) is 2. The first-order valence-corrected chi connectivity index (χ1v) is 6.08. The van der Waals surface area contributed by atoms with E-state index >= 15 is 0 Å². The van der Waals surface area contributed by atoms with Crippen molar-refractivity contribution in [3.05, 3.63) is 0 Å². The Morgan fingerprint density at radius 1 is 1.41 bits per heavy atom. The van der Waals surface area contributed by atoms with Crippen LogP contribution < -0.4 is 10.6 Å². The molecule has 2 atom stereocenters. The first-order chi connectivity index (χ1) is 8.08. The van der Waals surface area contributed by atoms with Gasteiger partial charge in [-0.1, -0.05) is 13.3 Å². The van der Waals surface area contributed by atoms with Crippen LogP contribution in [-0.2, 0) is 9.59 Å². The van der Waals surface area contributed by atoms with Gasteiger partial charge in [-0.15, -0.1) is 0 Å². The molecule has 2 amide bonds. The predicted molar refractivity (Wildman–Crippen MR) is 62.8 cm³/mol. The monoisotopic (exact) mass is 237 g/mol. The molecule has 0 radical (unpaired) electrons. The summed E-state index contributed by atoms with van der Waals surface area (Å²) in [5.41, 5.74) is 0. The number of rotatable bonds is 6. The fraction of sp³-hybridized carbons (Fsp3) is 0.750. The van der Waals surface area contributed by atoms with Crippen LogP contribution in [0.3, 0.4) is 0 Å². The maximum atomic E-state index is 11.7. The molecule has 0 aromatic heterocycles. The maximum absolute atomic E-state index is 11.7. The van der Waals surface area contributed by atoms with Crippen LogP contribution in [-0.4, -0.2) is 23.9 Å². The molecule has 0 saturated heterocycles. The zero-order chi connectivity index (χ0) is 12.8. The normalized spacial score (nSPS) is 17.7. The summed E-state index contributed by atoms with van der Waals surface area (Å²) in [5.74, 6) is -1.18. The first kappa shape index (κ1) is 13.5. The fourth-order valence-corrected chi connectivity index (χ4v) is 1.48. The molecule has 0 aromatic rings. The van der Waals surface area contributed by atoms with Crippen molar-refractivity contribution in [1.82, 2.24) is 10.6 Å². The van der Waals surface area contributed by atoms with Gasteiger partial charge in [0.2, 0.25) is 11.8 Å². The lowest BCUT2D eigenvalue weighted by atomic mass is 10.0. The minimum atomic E-state index is -0.656. The summed E-state index contributed by atoms with van der Waals surface area (Å²) in [6, 6.07) is 1.66. The van der Waals surface area contributed by atoms with E-state index in [1.807, 2.05) is 13.0 Å². The molecule has 1 fully saturated rings. The molecule has 2 unspecified atom stereocenters. The van der Waals surface area contributed by atoms with E-state index in [1.165, 1.54) is 0 Å². The Morgan fingerprint density at radius 3 is 2.53 bits per heavy atom. The topological polar surface area (TPSA) is 82.0 Å². The lowest BCUT2D eigenvalue weighted by Crippen LogP contribution is -2.47. The van der Waals surface area contributed by atoms with Crippen LogP contribution in [0.5, 0.6) is 0 Å². The number of nitrogens with zero attached hydrogens (tertiary/aromatic N) is 1. The van der Waals surface area contributed by atoms with Crippen molar-refractivity contribution in [3.8, 4) is 6.07 Å². The highest BCUT2D eigenvalue weighted by molar-refractivity contribution is 5.89. The molecule has 0 aromatic carbocycles. The second-order valence-electron chi connectivity index (χ2n) is 4.48. The van der Waals surface area contributed by atoms with E-state index in [4.69, 9.17) is 5.26 Å². The lowest BCUT2D eigenvalue weighted by molar-refractivity contribution is -0.130. The molecule has 1 saturated carbocycles. The SMILES string of the molecule is CCCC(C#N)C(=O)NC(C)C(=O)NC1CC1. The van der Waals surface area contributed by atoms with E-state index in [0.29, 0.717) is 6.42 Å². The minimum absolute atomic E-state index is 0.172. The zero-order valence-electron chi connectivity index (χ0n) is 10.3. The van der Waals surface area contributed by atoms with Crippen LogP contribution in [0.4, 0.5) is 0 Å². The number of hydrogen-bond acceptors (Lipinski definition) is 3. The van der Waals surface area contributed by atoms with E-state index in [0.717, 1.165) is 19.3 Å². The van der Waals surface area contributed by atoms with Gasteiger partial charge in [0.1, 0.15) is 12.0 Å². The van der Waals surface area contributed by atoms with Gasteiger partial charge in [0.25, 0.3) is 0 Å². The van der Waals surface area contributed by atoms with E-state index in [2.05, 4.69) is 10.6 Å². The third kappa shape index (κ3) is 4.43. The Balaban J connectivity index is 2.37. The Morgan fingerprint density at radius 2 is 2.06 bits per heavy atom. The van der Waals surface area contributed by atoms with Gasteiger partial charge in [-0.05, 0) is 26.2 Å². The highest BCUT2D eigenvalue weighted by Crippen LogP contribution is 2.18. The van der Waals surface area contributed by atoms with E-state index in [-0.39, 0.29) is 17.9 Å². The number of carbonyl (C=O) groups is 2. The van der Waals surface area contributed by atoms with Gasteiger partial charge < -0.3 is 10.6 Å². The summed E-state index contributed by atoms with van der Waals surface area (Å²) >= 11 is 0. The maximum Gasteiger partial charge on any atom is 0.242 e. The second kappa shape index (κ2) is 6.24. The summed E-state index contributed by atoms with van der Waals surface area (Å²) in [5, 5.41) is 14.2. The third-order valence-electron chi connectivity index (χ3n) is 2.73. The molecule has 94 valence electrons. The molecule has 1 aliphatic carbocycles. The molecule has 0 heterocycles. The van der Waals surface area contributed by atoms with E-state index in [9.17, 15) is 9.59 Å². The standard InChI is InChI=1S/C12H19N3O2/c1-3-4-9(7-13)12(17)14-8(2)11(16)15-10-5-6-10/h8-10H,3-6H2,1-2H3,(H,14,17)(H,15,16). The average Bonchev–Trinajstić information content (AvgIpc) is 3.09. The Hall–Kier alpha value is -1.57. The molecule has 0 spiro atoms. The van der Waals surface area contributed by atoms with Gasteiger partial charge in [-0.2, -0.15) is 5.26 Å². The number of amides is 2. The number of carbonyl (C=O) groups excluding carboxylic acids is 2. The van der Waals surface area contributed by atoms with Gasteiger partial charge >= 0.3 is 0 Å². The van der Waals surface area contributed by atoms with Crippen LogP contribution in [0.1, 0.15) is 39.5 Å². The summed E-state index contributed by atoms with van der Waals surface area (Å²) in [7, 11) is 0. The average molecular weight is 237 g/mol. The lowest BCUT2D eigenvalue weighted by Gasteiger charge is -2.15. The van der Waals surface area contributed by atoms with Crippen LogP contribution in [0.15, 0.2) is 0 Å². The predicted octanol–water partition coefficient (Wildman–Crippen LogP) is 0.710. The molecule has 2 N–H and O–H groups in total. The molecular weight excluding hydrogens is 218 g/mol. The number of nitriles is 1. The molecular formula is C12H19N3O2. The van der Waals surface area contributed by atoms with Gasteiger partial charge in [0, 0.05) is 6.04 Å². The van der Waals surface area contributed by atoms with E-state index < -0.39 is 12.0 Å². The smallest absolute Gasteiger partial charge is 0.242 e. The van der Waals surface area contributed by atoms with Crippen LogP contribution >= 0.6 is 0 Å². The largest absolute Gasteiger partial charge is 0.352 e. The molecule has 0 bridgehead atoms. The van der Waals surface area contributed by atoms with Gasteiger partial charge in [-0.3, -0.25) is 9.59 Å². The highest BCUT2D eigenvalue weighted by atomic mass is 16.2. The zero-order valence-corrected chi connectivity index (χ0v) is 10.3. The molecule has 1 rings (SSSR count). The van der Waals surface area contributed by atoms with Gasteiger partial charge in [-0.25, -0.2) is 0 Å². The van der Waals surface area contributed by atoms with Crippen molar-refractivity contribution in [2.24, 2.45) is 5.92 Å². The van der Waals surface area contributed by atoms with Crippen LogP contribution in [0.25, 0.3) is 0 Å². The van der Waals surface area contributed by atoms with Crippen LogP contribution in [0.2, 0.25) is 0 Å². The highest BCUT2D eigenvalue weighted by Gasteiger charge is 2.27. The van der Waals surface area contributed by atoms with Crippen molar-refractivity contribution in [2.45, 2.75) is 51.6 Å². The summed E-state index contributed by atoms with van der Waals surface area (Å²) < 4.78 is 0. The van der Waals surface area contributed by atoms with Crippen molar-refractivity contribution >= 4 is 11.8 Å². The van der Waals surface area contributed by atoms with Crippen molar-refractivity contribution < 1.29 is 9.59 Å². The third-order valence-corrected chi connectivity index (χ3v) is 2.73. The first-order valence-electron chi connectivity index (χ1n) is 6.08. The molecule has 0 aliphatic heterocycles. The minimum Gasteiger partial charge on any atom is -0.352 e. The van der Waals surface area contributed by atoms with Gasteiger partial charge in [0.05, 0.1) is 6.07 Å². The van der Waals surface area contributed by atoms with Gasteiger partial charge in [0.15, 0.2) is 0 Å². The fourth-order valence-electron chi connectivity index (χ4n) is 1.48. The molecule has 5 nitrogen and oxygen atoms in total. The van der Waals surface area contributed by atoms with E-state index in [1.54, 1.807) is 6.92 Å². The Labute approximate surface area is 102 Å². The van der Waals surface area contributed by atoms with Crippen molar-refractivity contribution in [1.29, 1.82) is 5.26 Å². The molecule has 1 aliphatic rings. The summed E-state index contributed by atoms with van der Waals surface area (Å²) in [4.78, 5) is 23.3. The van der Waals surface area contributed by atoms with Crippen molar-refractivity contribution in [3.63, 3.8) is 0 Å². The Kier molecular flexibility index (Phi) is 4.95. The van der Waals surface area contributed by atoms with Crippen LogP contribution in [0, 0.1) is 17.2 Å². The second-order valence-corrected chi connectivity index (χ2v) is 4.48. The molecule has 17 heavy (non-hydrogen) atoms. The quantitative estimate of drug-likeness (QED) is 0.713. The Bertz CT molecular complexity index is 331.